The summed E-state index contributed by atoms with van der Waals surface area (Å²) in [6.45, 7) is 2.13. The Balaban J connectivity index is 2.31. The van der Waals surface area contributed by atoms with Crippen molar-refractivity contribution in [2.24, 2.45) is 0 Å². The van der Waals surface area contributed by atoms with E-state index >= 15 is 0 Å². The van der Waals surface area contributed by atoms with E-state index in [4.69, 9.17) is 0 Å². The molecular formula is C12H15N3S. The fourth-order valence-corrected chi connectivity index (χ4v) is 2.21. The van der Waals surface area contributed by atoms with Crippen LogP contribution in [0.1, 0.15) is 6.92 Å². The van der Waals surface area contributed by atoms with Crippen LogP contribution in [0.3, 0.4) is 0 Å². The highest BCUT2D eigenvalue weighted by atomic mass is 32.2. The van der Waals surface area contributed by atoms with Crippen LogP contribution in [0.25, 0.3) is 5.69 Å². The molecule has 16 heavy (non-hydrogen) atoms. The Hall–Kier alpha value is -1.42. The largest absolute Gasteiger partial charge is 0.388 e. The molecule has 0 bridgehead atoms. The van der Waals surface area contributed by atoms with Crippen LogP contribution in [0.4, 0.5) is 5.69 Å². The Morgan fingerprint density at radius 2 is 2.06 bits per heavy atom. The Bertz CT molecular complexity index is 448. The van der Waals surface area contributed by atoms with Crippen molar-refractivity contribution in [2.75, 3.05) is 18.1 Å². The van der Waals surface area contributed by atoms with Gasteiger partial charge in [0.2, 0.25) is 0 Å². The molecule has 0 fully saturated rings. The normalized spacial score (nSPS) is 10.4. The first-order chi connectivity index (χ1) is 7.85. The number of aromatic nitrogens is 2. The Morgan fingerprint density at radius 3 is 2.69 bits per heavy atom. The third kappa shape index (κ3) is 2.22. The SMILES string of the molecule is CCSc1nccn1-c1ccc(NC)cc1. The zero-order valence-corrected chi connectivity index (χ0v) is 10.3. The number of anilines is 1. The standard InChI is InChI=1S/C12H15N3S/c1-3-16-12-14-8-9-15(12)11-6-4-10(13-2)5-7-11/h4-9,13H,3H2,1-2H3. The van der Waals surface area contributed by atoms with Crippen molar-refractivity contribution in [3.8, 4) is 5.69 Å². The Labute approximate surface area is 99.9 Å². The monoisotopic (exact) mass is 233 g/mol. The number of thioether (sulfide) groups is 1. The Morgan fingerprint density at radius 1 is 1.31 bits per heavy atom. The molecule has 0 saturated carbocycles. The summed E-state index contributed by atoms with van der Waals surface area (Å²) >= 11 is 1.75. The van der Waals surface area contributed by atoms with Crippen LogP contribution in [0.5, 0.6) is 0 Å². The molecule has 0 aliphatic heterocycles. The summed E-state index contributed by atoms with van der Waals surface area (Å²) in [5.41, 5.74) is 2.26. The van der Waals surface area contributed by atoms with Gasteiger partial charge in [-0.2, -0.15) is 0 Å². The summed E-state index contributed by atoms with van der Waals surface area (Å²) in [4.78, 5) is 4.34. The van der Waals surface area contributed by atoms with E-state index in [0.29, 0.717) is 0 Å². The fraction of sp³-hybridized carbons (Fsp3) is 0.250. The molecule has 0 radical (unpaired) electrons. The molecule has 3 nitrogen and oxygen atoms in total. The van der Waals surface area contributed by atoms with E-state index in [0.717, 1.165) is 22.3 Å². The van der Waals surface area contributed by atoms with Gasteiger partial charge in [0.25, 0.3) is 0 Å². The molecule has 84 valence electrons. The quantitative estimate of drug-likeness (QED) is 0.823. The highest BCUT2D eigenvalue weighted by Gasteiger charge is 2.03. The second-order valence-electron chi connectivity index (χ2n) is 3.31. The van der Waals surface area contributed by atoms with E-state index in [9.17, 15) is 0 Å². The second kappa shape index (κ2) is 5.07. The zero-order chi connectivity index (χ0) is 11.4. The van der Waals surface area contributed by atoms with Gasteiger partial charge in [-0.05, 0) is 30.0 Å². The minimum absolute atomic E-state index is 1.03. The van der Waals surface area contributed by atoms with Crippen LogP contribution < -0.4 is 5.32 Å². The van der Waals surface area contributed by atoms with Crippen LogP contribution >= 0.6 is 11.8 Å². The summed E-state index contributed by atoms with van der Waals surface area (Å²) in [5.74, 6) is 1.03. The molecule has 2 aromatic rings. The van der Waals surface area contributed by atoms with Crippen LogP contribution in [-0.2, 0) is 0 Å². The lowest BCUT2D eigenvalue weighted by Crippen LogP contribution is -1.95. The summed E-state index contributed by atoms with van der Waals surface area (Å²) < 4.78 is 2.10. The summed E-state index contributed by atoms with van der Waals surface area (Å²) in [7, 11) is 1.92. The third-order valence-electron chi connectivity index (χ3n) is 2.31. The lowest BCUT2D eigenvalue weighted by atomic mass is 10.3. The molecule has 0 saturated heterocycles. The third-order valence-corrected chi connectivity index (χ3v) is 3.16. The molecule has 0 spiro atoms. The lowest BCUT2D eigenvalue weighted by molar-refractivity contribution is 0.896. The number of imidazole rings is 1. The van der Waals surface area contributed by atoms with Crippen LogP contribution in [0.15, 0.2) is 41.8 Å². The van der Waals surface area contributed by atoms with Crippen molar-refractivity contribution < 1.29 is 0 Å². The summed E-state index contributed by atoms with van der Waals surface area (Å²) in [6.07, 6.45) is 3.83. The summed E-state index contributed by atoms with van der Waals surface area (Å²) in [6, 6.07) is 8.31. The molecule has 1 heterocycles. The van der Waals surface area contributed by atoms with Gasteiger partial charge in [-0.3, -0.25) is 4.57 Å². The number of hydrogen-bond acceptors (Lipinski definition) is 3. The van der Waals surface area contributed by atoms with E-state index < -0.39 is 0 Å². The number of nitrogens with zero attached hydrogens (tertiary/aromatic N) is 2. The maximum absolute atomic E-state index is 4.34. The van der Waals surface area contributed by atoms with Gasteiger partial charge in [-0.25, -0.2) is 4.98 Å². The van der Waals surface area contributed by atoms with E-state index in [1.165, 1.54) is 0 Å². The zero-order valence-electron chi connectivity index (χ0n) is 9.47. The minimum atomic E-state index is 1.03. The van der Waals surface area contributed by atoms with E-state index in [-0.39, 0.29) is 0 Å². The van der Waals surface area contributed by atoms with E-state index in [1.807, 2.05) is 19.4 Å². The molecule has 0 aliphatic rings. The van der Waals surface area contributed by atoms with Gasteiger partial charge < -0.3 is 5.32 Å². The van der Waals surface area contributed by atoms with Gasteiger partial charge >= 0.3 is 0 Å². The molecule has 0 amide bonds. The first kappa shape index (κ1) is 11.1. The molecule has 4 heteroatoms. The maximum atomic E-state index is 4.34. The maximum Gasteiger partial charge on any atom is 0.172 e. The van der Waals surface area contributed by atoms with Crippen molar-refractivity contribution in [2.45, 2.75) is 12.1 Å². The minimum Gasteiger partial charge on any atom is -0.388 e. The van der Waals surface area contributed by atoms with E-state index in [1.54, 1.807) is 11.8 Å². The van der Waals surface area contributed by atoms with Gasteiger partial charge in [-0.15, -0.1) is 0 Å². The van der Waals surface area contributed by atoms with Crippen molar-refractivity contribution in [1.82, 2.24) is 9.55 Å². The second-order valence-corrected chi connectivity index (χ2v) is 4.54. The molecule has 0 unspecified atom stereocenters. The fourth-order valence-electron chi connectivity index (χ4n) is 1.51. The molecule has 1 aromatic carbocycles. The topological polar surface area (TPSA) is 29.9 Å². The van der Waals surface area contributed by atoms with Crippen molar-refractivity contribution in [3.63, 3.8) is 0 Å². The lowest BCUT2D eigenvalue weighted by Gasteiger charge is -2.07. The predicted octanol–water partition coefficient (Wildman–Crippen LogP) is 3.03. The van der Waals surface area contributed by atoms with Gasteiger partial charge in [-0.1, -0.05) is 18.7 Å². The van der Waals surface area contributed by atoms with Crippen molar-refractivity contribution in [1.29, 1.82) is 0 Å². The molecule has 0 aliphatic carbocycles. The van der Waals surface area contributed by atoms with Gasteiger partial charge in [0.15, 0.2) is 5.16 Å². The van der Waals surface area contributed by atoms with Crippen LogP contribution in [0, 0.1) is 0 Å². The molecule has 2 rings (SSSR count). The Kier molecular flexibility index (Phi) is 3.51. The number of benzene rings is 1. The molecule has 0 atom stereocenters. The highest BCUT2D eigenvalue weighted by molar-refractivity contribution is 7.99. The predicted molar refractivity (Wildman–Crippen MR) is 69.5 cm³/mol. The molecule has 1 N–H and O–H groups in total. The number of rotatable bonds is 4. The average molecular weight is 233 g/mol. The smallest absolute Gasteiger partial charge is 0.172 e. The first-order valence-corrected chi connectivity index (χ1v) is 6.28. The average Bonchev–Trinajstić information content (AvgIpc) is 2.78. The van der Waals surface area contributed by atoms with Gasteiger partial charge in [0, 0.05) is 30.8 Å². The van der Waals surface area contributed by atoms with Crippen molar-refractivity contribution >= 4 is 17.4 Å². The number of hydrogen-bond donors (Lipinski definition) is 1. The van der Waals surface area contributed by atoms with Crippen LogP contribution in [-0.4, -0.2) is 22.4 Å². The van der Waals surface area contributed by atoms with E-state index in [2.05, 4.69) is 46.1 Å². The van der Waals surface area contributed by atoms with Crippen LogP contribution in [0.2, 0.25) is 0 Å². The van der Waals surface area contributed by atoms with Gasteiger partial charge in [0.1, 0.15) is 0 Å². The molecular weight excluding hydrogens is 218 g/mol. The van der Waals surface area contributed by atoms with Gasteiger partial charge in [0.05, 0.1) is 0 Å². The molecule has 1 aromatic heterocycles. The van der Waals surface area contributed by atoms with Crippen molar-refractivity contribution in [3.05, 3.63) is 36.7 Å². The summed E-state index contributed by atoms with van der Waals surface area (Å²) in [5, 5.41) is 4.15. The number of nitrogens with one attached hydrogen (secondary N) is 1. The first-order valence-electron chi connectivity index (χ1n) is 5.29. The highest BCUT2D eigenvalue weighted by Crippen LogP contribution is 2.21.